The van der Waals surface area contributed by atoms with Crippen LogP contribution in [-0.2, 0) is 9.53 Å². The van der Waals surface area contributed by atoms with Crippen molar-refractivity contribution in [3.05, 3.63) is 20.9 Å². The summed E-state index contributed by atoms with van der Waals surface area (Å²) in [5, 5.41) is 16.7. The number of carbonyl (C=O) groups is 1. The smallest absolute Gasteiger partial charge is 0.302 e. The van der Waals surface area contributed by atoms with E-state index in [9.17, 15) is 9.90 Å². The fourth-order valence-electron chi connectivity index (χ4n) is 1.85. The van der Waals surface area contributed by atoms with Crippen molar-refractivity contribution >= 4 is 5.97 Å². The largest absolute Gasteiger partial charge is 0.460 e. The number of aliphatic hydroxyl groups is 1. The van der Waals surface area contributed by atoms with E-state index in [2.05, 4.69) is 20.1 Å². The van der Waals surface area contributed by atoms with E-state index in [1.807, 2.05) is 0 Å². The zero-order chi connectivity index (χ0) is 12.8. The molecule has 0 aromatic heterocycles. The van der Waals surface area contributed by atoms with Crippen LogP contribution in [0.3, 0.4) is 0 Å². The van der Waals surface area contributed by atoms with Gasteiger partial charge < -0.3 is 9.84 Å². The summed E-state index contributed by atoms with van der Waals surface area (Å²) in [7, 11) is 0. The second-order valence-electron chi connectivity index (χ2n) is 3.74. The summed E-state index contributed by atoms with van der Waals surface area (Å²) in [4.78, 5) is 16.1. The second kappa shape index (κ2) is 5.95. The van der Waals surface area contributed by atoms with Crippen LogP contribution in [0.1, 0.15) is 19.8 Å². The van der Waals surface area contributed by atoms with Crippen LogP contribution in [0.5, 0.6) is 0 Å². The van der Waals surface area contributed by atoms with E-state index in [4.69, 9.17) is 15.8 Å². The SMILES string of the molecule is CC(=O)O[C@@H]1CC(N=[N+]=[N-])CC(N=[N+]=[N-])[C@H]1O. The first-order valence-electron chi connectivity index (χ1n) is 5.02. The van der Waals surface area contributed by atoms with Gasteiger partial charge in [-0.2, -0.15) is 0 Å². The molecule has 0 heterocycles. The molecule has 0 aliphatic heterocycles. The van der Waals surface area contributed by atoms with Crippen LogP contribution in [0.4, 0.5) is 0 Å². The number of hydrogen-bond donors (Lipinski definition) is 1. The van der Waals surface area contributed by atoms with E-state index in [1.165, 1.54) is 6.92 Å². The Hall–Kier alpha value is -1.95. The molecule has 1 saturated carbocycles. The van der Waals surface area contributed by atoms with E-state index in [0.29, 0.717) is 0 Å². The predicted molar refractivity (Wildman–Crippen MR) is 56.7 cm³/mol. The average molecular weight is 240 g/mol. The molecule has 0 aromatic carbocycles. The summed E-state index contributed by atoms with van der Waals surface area (Å²) in [5.74, 6) is -0.546. The zero-order valence-corrected chi connectivity index (χ0v) is 9.17. The van der Waals surface area contributed by atoms with Crippen molar-refractivity contribution in [2.75, 3.05) is 0 Å². The molecule has 4 atom stereocenters. The number of aliphatic hydroxyl groups excluding tert-OH is 1. The maximum absolute atomic E-state index is 10.8. The maximum Gasteiger partial charge on any atom is 0.302 e. The first-order valence-corrected chi connectivity index (χ1v) is 5.02. The lowest BCUT2D eigenvalue weighted by Crippen LogP contribution is -2.46. The summed E-state index contributed by atoms with van der Waals surface area (Å²) in [6, 6.07) is -1.21. The summed E-state index contributed by atoms with van der Waals surface area (Å²) in [6.45, 7) is 1.21. The van der Waals surface area contributed by atoms with Gasteiger partial charge in [0.2, 0.25) is 0 Å². The van der Waals surface area contributed by atoms with Crippen LogP contribution in [0, 0.1) is 0 Å². The van der Waals surface area contributed by atoms with E-state index >= 15 is 0 Å². The third-order valence-corrected chi connectivity index (χ3v) is 2.53. The number of azide groups is 2. The Morgan fingerprint density at radius 2 is 2.00 bits per heavy atom. The van der Waals surface area contributed by atoms with Crippen LogP contribution >= 0.6 is 0 Å². The van der Waals surface area contributed by atoms with Gasteiger partial charge >= 0.3 is 5.97 Å². The van der Waals surface area contributed by atoms with Crippen molar-refractivity contribution < 1.29 is 14.6 Å². The van der Waals surface area contributed by atoms with E-state index in [0.717, 1.165) is 0 Å². The number of esters is 1. The minimum atomic E-state index is -1.07. The number of ether oxygens (including phenoxy) is 1. The van der Waals surface area contributed by atoms with Crippen molar-refractivity contribution in [3.63, 3.8) is 0 Å². The summed E-state index contributed by atoms with van der Waals surface area (Å²) < 4.78 is 4.90. The molecule has 1 rings (SSSR count). The molecule has 0 radical (unpaired) electrons. The van der Waals surface area contributed by atoms with Crippen molar-refractivity contribution in [2.24, 2.45) is 10.2 Å². The zero-order valence-electron chi connectivity index (χ0n) is 9.17. The molecular weight excluding hydrogens is 228 g/mol. The molecule has 17 heavy (non-hydrogen) atoms. The van der Waals surface area contributed by atoms with Crippen LogP contribution in [-0.4, -0.2) is 35.4 Å². The van der Waals surface area contributed by atoms with Gasteiger partial charge in [0.1, 0.15) is 6.10 Å². The van der Waals surface area contributed by atoms with Gasteiger partial charge in [-0.15, -0.1) is 0 Å². The van der Waals surface area contributed by atoms with Crippen LogP contribution in [0.2, 0.25) is 0 Å². The third-order valence-electron chi connectivity index (χ3n) is 2.53. The van der Waals surface area contributed by atoms with E-state index in [1.54, 1.807) is 0 Å². The fraction of sp³-hybridized carbons (Fsp3) is 0.875. The molecule has 9 heteroatoms. The fourth-order valence-corrected chi connectivity index (χ4v) is 1.85. The van der Waals surface area contributed by atoms with Crippen LogP contribution in [0.15, 0.2) is 10.2 Å². The van der Waals surface area contributed by atoms with Gasteiger partial charge in [-0.1, -0.05) is 10.2 Å². The summed E-state index contributed by atoms with van der Waals surface area (Å²) >= 11 is 0. The van der Waals surface area contributed by atoms with Gasteiger partial charge in [0, 0.05) is 22.8 Å². The Morgan fingerprint density at radius 1 is 1.35 bits per heavy atom. The highest BCUT2D eigenvalue weighted by molar-refractivity contribution is 5.66. The highest BCUT2D eigenvalue weighted by Crippen LogP contribution is 2.27. The molecule has 0 saturated heterocycles. The second-order valence-corrected chi connectivity index (χ2v) is 3.74. The van der Waals surface area contributed by atoms with Gasteiger partial charge in [-0.3, -0.25) is 4.79 Å². The molecule has 92 valence electrons. The minimum absolute atomic E-state index is 0.224. The maximum atomic E-state index is 10.8. The standard InChI is InChI=1S/C8H12N6O3/c1-4(15)17-7-3-5(11-13-9)2-6(8(7)16)12-14-10/h5-8,16H,2-3H2,1H3/t5?,6?,7-,8-/m1/s1. The Bertz CT molecular complexity index is 387. The highest BCUT2D eigenvalue weighted by Gasteiger charge is 2.37. The predicted octanol–water partition coefficient (Wildman–Crippen LogP) is 1.43. The monoisotopic (exact) mass is 240 g/mol. The average Bonchev–Trinajstić information content (AvgIpc) is 2.24. The lowest BCUT2D eigenvalue weighted by molar-refractivity contribution is -0.156. The molecule has 1 N–H and O–H groups in total. The Labute approximate surface area is 96.6 Å². The number of hydrogen-bond acceptors (Lipinski definition) is 5. The van der Waals surface area contributed by atoms with Crippen molar-refractivity contribution in [3.8, 4) is 0 Å². The number of rotatable bonds is 3. The molecule has 0 amide bonds. The quantitative estimate of drug-likeness (QED) is 0.344. The first kappa shape index (κ1) is 13.1. The van der Waals surface area contributed by atoms with Crippen molar-refractivity contribution in [1.82, 2.24) is 0 Å². The molecule has 1 aliphatic rings. The lowest BCUT2D eigenvalue weighted by atomic mass is 9.87. The molecule has 0 bridgehead atoms. The molecule has 1 fully saturated rings. The lowest BCUT2D eigenvalue weighted by Gasteiger charge is -2.34. The number of carbonyl (C=O) groups excluding carboxylic acids is 1. The third kappa shape index (κ3) is 3.53. The molecule has 1 aliphatic carbocycles. The molecular formula is C8H12N6O3. The van der Waals surface area contributed by atoms with E-state index in [-0.39, 0.29) is 12.8 Å². The Balaban J connectivity index is 2.84. The normalized spacial score (nSPS) is 31.9. The molecule has 9 nitrogen and oxygen atoms in total. The van der Waals surface area contributed by atoms with Gasteiger partial charge in [0.15, 0.2) is 0 Å². The molecule has 0 aromatic rings. The number of nitrogens with zero attached hydrogens (tertiary/aromatic N) is 6. The summed E-state index contributed by atoms with van der Waals surface area (Å²) in [5.41, 5.74) is 16.7. The first-order chi connectivity index (χ1) is 8.08. The summed E-state index contributed by atoms with van der Waals surface area (Å²) in [6.07, 6.45) is -1.41. The van der Waals surface area contributed by atoms with Gasteiger partial charge in [-0.25, -0.2) is 0 Å². The Kier molecular flexibility index (Phi) is 4.59. The molecule has 0 spiro atoms. The van der Waals surface area contributed by atoms with Crippen LogP contribution < -0.4 is 0 Å². The molecule has 2 unspecified atom stereocenters. The van der Waals surface area contributed by atoms with E-state index < -0.39 is 30.3 Å². The Morgan fingerprint density at radius 3 is 2.53 bits per heavy atom. The van der Waals surface area contributed by atoms with Gasteiger partial charge in [0.05, 0.1) is 12.1 Å². The highest BCUT2D eigenvalue weighted by atomic mass is 16.6. The van der Waals surface area contributed by atoms with Gasteiger partial charge in [-0.05, 0) is 23.9 Å². The van der Waals surface area contributed by atoms with Crippen molar-refractivity contribution in [1.29, 1.82) is 0 Å². The van der Waals surface area contributed by atoms with Crippen molar-refractivity contribution in [2.45, 2.75) is 44.1 Å². The van der Waals surface area contributed by atoms with Crippen LogP contribution in [0.25, 0.3) is 20.9 Å². The minimum Gasteiger partial charge on any atom is -0.460 e. The topological polar surface area (TPSA) is 144 Å². The van der Waals surface area contributed by atoms with Gasteiger partial charge in [0.25, 0.3) is 0 Å².